The summed E-state index contributed by atoms with van der Waals surface area (Å²) in [6, 6.07) is 0. The summed E-state index contributed by atoms with van der Waals surface area (Å²) in [5, 5.41) is 0. The van der Waals surface area contributed by atoms with E-state index in [0.717, 1.165) is 11.7 Å². The zero-order valence-electron chi connectivity index (χ0n) is 7.97. The van der Waals surface area contributed by atoms with Crippen molar-refractivity contribution in [3.63, 3.8) is 0 Å². The lowest BCUT2D eigenvalue weighted by molar-refractivity contribution is 0.485. The molecule has 0 aliphatic heterocycles. The molecule has 11 heavy (non-hydrogen) atoms. The van der Waals surface area contributed by atoms with Crippen LogP contribution in [0.3, 0.4) is 0 Å². The first-order chi connectivity index (χ1) is 5.35. The minimum Gasteiger partial charge on any atom is -0.179 e. The van der Waals surface area contributed by atoms with Gasteiger partial charge in [-0.05, 0) is 18.1 Å². The quantitative estimate of drug-likeness (QED) is 0.439. The van der Waals surface area contributed by atoms with Crippen molar-refractivity contribution in [2.45, 2.75) is 52.4 Å². The van der Waals surface area contributed by atoms with Gasteiger partial charge in [0.05, 0.1) is 0 Å². The van der Waals surface area contributed by atoms with E-state index in [0.29, 0.717) is 0 Å². The topological polar surface area (TPSA) is 0 Å². The smallest absolute Gasteiger partial charge is 0.00696 e. The molecule has 0 aromatic heterocycles. The molecule has 0 fully saturated rings. The molecule has 1 unspecified atom stereocenters. The zero-order valence-corrected chi connectivity index (χ0v) is 8.87. The molecule has 0 aliphatic carbocycles. The SMILES string of the molecule is CCCCCCC(CC)CS. The molecule has 0 rings (SSSR count). The summed E-state index contributed by atoms with van der Waals surface area (Å²) in [5.74, 6) is 1.94. The molecule has 0 saturated heterocycles. The Labute approximate surface area is 77.2 Å². The van der Waals surface area contributed by atoms with Gasteiger partial charge in [-0.1, -0.05) is 46.0 Å². The van der Waals surface area contributed by atoms with Gasteiger partial charge in [-0.2, -0.15) is 12.6 Å². The average Bonchev–Trinajstić information content (AvgIpc) is 2.05. The van der Waals surface area contributed by atoms with Gasteiger partial charge in [-0.15, -0.1) is 0 Å². The van der Waals surface area contributed by atoms with E-state index < -0.39 is 0 Å². The van der Waals surface area contributed by atoms with Crippen molar-refractivity contribution >= 4 is 12.6 Å². The second-order valence-corrected chi connectivity index (χ2v) is 3.67. The first-order valence-corrected chi connectivity index (χ1v) is 5.59. The summed E-state index contributed by atoms with van der Waals surface area (Å²) in [4.78, 5) is 0. The molecule has 0 saturated carbocycles. The van der Waals surface area contributed by atoms with Gasteiger partial charge in [-0.3, -0.25) is 0 Å². The Morgan fingerprint density at radius 3 is 2.27 bits per heavy atom. The molecule has 0 aromatic rings. The van der Waals surface area contributed by atoms with Gasteiger partial charge < -0.3 is 0 Å². The maximum Gasteiger partial charge on any atom is -0.00696 e. The van der Waals surface area contributed by atoms with Crippen molar-refractivity contribution in [1.29, 1.82) is 0 Å². The summed E-state index contributed by atoms with van der Waals surface area (Å²) >= 11 is 4.32. The molecule has 0 amide bonds. The third-order valence-electron chi connectivity index (χ3n) is 2.30. The van der Waals surface area contributed by atoms with Crippen molar-refractivity contribution in [2.24, 2.45) is 5.92 Å². The van der Waals surface area contributed by atoms with E-state index in [4.69, 9.17) is 0 Å². The average molecular weight is 174 g/mol. The predicted molar refractivity (Wildman–Crippen MR) is 56.4 cm³/mol. The van der Waals surface area contributed by atoms with Gasteiger partial charge in [0.1, 0.15) is 0 Å². The fraction of sp³-hybridized carbons (Fsp3) is 1.00. The van der Waals surface area contributed by atoms with Gasteiger partial charge in [-0.25, -0.2) is 0 Å². The molecule has 0 radical (unpaired) electrons. The van der Waals surface area contributed by atoms with E-state index in [1.807, 2.05) is 0 Å². The molecular weight excluding hydrogens is 152 g/mol. The van der Waals surface area contributed by atoms with Crippen LogP contribution in [0.5, 0.6) is 0 Å². The molecule has 1 atom stereocenters. The second kappa shape index (κ2) is 8.45. The van der Waals surface area contributed by atoms with Crippen LogP contribution in [0, 0.1) is 5.92 Å². The van der Waals surface area contributed by atoms with Crippen molar-refractivity contribution in [3.05, 3.63) is 0 Å². The van der Waals surface area contributed by atoms with E-state index in [1.54, 1.807) is 0 Å². The van der Waals surface area contributed by atoms with Gasteiger partial charge in [0.2, 0.25) is 0 Å². The molecule has 68 valence electrons. The molecule has 0 N–H and O–H groups in total. The minimum absolute atomic E-state index is 0.871. The van der Waals surface area contributed by atoms with Crippen LogP contribution in [0.1, 0.15) is 52.4 Å². The fourth-order valence-electron chi connectivity index (χ4n) is 1.28. The van der Waals surface area contributed by atoms with Gasteiger partial charge >= 0.3 is 0 Å². The number of thiol groups is 1. The first-order valence-electron chi connectivity index (χ1n) is 4.96. The lowest BCUT2D eigenvalue weighted by Gasteiger charge is -2.10. The first kappa shape index (κ1) is 11.4. The minimum atomic E-state index is 0.871. The van der Waals surface area contributed by atoms with Crippen LogP contribution in [-0.2, 0) is 0 Å². The molecule has 0 bridgehead atoms. The van der Waals surface area contributed by atoms with Crippen LogP contribution in [-0.4, -0.2) is 5.75 Å². The van der Waals surface area contributed by atoms with Crippen LogP contribution >= 0.6 is 12.6 Å². The van der Waals surface area contributed by atoms with E-state index in [9.17, 15) is 0 Å². The van der Waals surface area contributed by atoms with Crippen molar-refractivity contribution in [1.82, 2.24) is 0 Å². The number of hydrogen-bond acceptors (Lipinski definition) is 1. The van der Waals surface area contributed by atoms with Crippen LogP contribution < -0.4 is 0 Å². The normalized spacial score (nSPS) is 13.4. The Bertz CT molecular complexity index is 67.3. The van der Waals surface area contributed by atoms with Gasteiger partial charge in [0.15, 0.2) is 0 Å². The fourth-order valence-corrected chi connectivity index (χ4v) is 1.73. The summed E-state index contributed by atoms with van der Waals surface area (Å²) in [5.41, 5.74) is 0. The maximum atomic E-state index is 4.32. The highest BCUT2D eigenvalue weighted by Gasteiger charge is 2.01. The van der Waals surface area contributed by atoms with E-state index in [2.05, 4.69) is 26.5 Å². The maximum absolute atomic E-state index is 4.32. The summed E-state index contributed by atoms with van der Waals surface area (Å²) in [6.07, 6.45) is 8.27. The molecule has 0 aromatic carbocycles. The van der Waals surface area contributed by atoms with Crippen LogP contribution in [0.4, 0.5) is 0 Å². The highest BCUT2D eigenvalue weighted by atomic mass is 32.1. The standard InChI is InChI=1S/C10H22S/c1-3-5-6-7-8-10(4-2)9-11/h10-11H,3-9H2,1-2H3. The Balaban J connectivity index is 3.07. The summed E-state index contributed by atoms with van der Waals surface area (Å²) in [6.45, 7) is 4.52. The van der Waals surface area contributed by atoms with Crippen LogP contribution in [0.15, 0.2) is 0 Å². The van der Waals surface area contributed by atoms with E-state index >= 15 is 0 Å². The zero-order chi connectivity index (χ0) is 8.53. The summed E-state index contributed by atoms with van der Waals surface area (Å²) < 4.78 is 0. The lowest BCUT2D eigenvalue weighted by Crippen LogP contribution is -1.99. The highest BCUT2D eigenvalue weighted by molar-refractivity contribution is 7.80. The van der Waals surface area contributed by atoms with Crippen molar-refractivity contribution < 1.29 is 0 Å². The molecular formula is C10H22S. The third-order valence-corrected chi connectivity index (χ3v) is 2.82. The largest absolute Gasteiger partial charge is 0.179 e. The molecule has 1 heteroatoms. The van der Waals surface area contributed by atoms with Crippen molar-refractivity contribution in [3.8, 4) is 0 Å². The Morgan fingerprint density at radius 2 is 1.82 bits per heavy atom. The number of rotatable bonds is 7. The molecule has 0 nitrogen and oxygen atoms in total. The van der Waals surface area contributed by atoms with E-state index in [-0.39, 0.29) is 0 Å². The lowest BCUT2D eigenvalue weighted by atomic mass is 10.0. The molecule has 0 aliphatic rings. The molecule has 0 spiro atoms. The van der Waals surface area contributed by atoms with Crippen LogP contribution in [0.2, 0.25) is 0 Å². The third kappa shape index (κ3) is 6.74. The van der Waals surface area contributed by atoms with Gasteiger partial charge in [0, 0.05) is 0 Å². The summed E-state index contributed by atoms with van der Waals surface area (Å²) in [7, 11) is 0. The van der Waals surface area contributed by atoms with Crippen LogP contribution in [0.25, 0.3) is 0 Å². The van der Waals surface area contributed by atoms with E-state index in [1.165, 1.54) is 38.5 Å². The Morgan fingerprint density at radius 1 is 1.09 bits per heavy atom. The highest BCUT2D eigenvalue weighted by Crippen LogP contribution is 2.14. The second-order valence-electron chi connectivity index (χ2n) is 3.31. The monoisotopic (exact) mass is 174 g/mol. The number of hydrogen-bond donors (Lipinski definition) is 1. The van der Waals surface area contributed by atoms with Crippen molar-refractivity contribution in [2.75, 3.05) is 5.75 Å². The Kier molecular flexibility index (Phi) is 8.72. The Hall–Kier alpha value is 0.350. The number of unbranched alkanes of at least 4 members (excludes halogenated alkanes) is 3. The molecule has 0 heterocycles. The van der Waals surface area contributed by atoms with Gasteiger partial charge in [0.25, 0.3) is 0 Å². The predicted octanol–water partition coefficient (Wildman–Crippen LogP) is 3.91.